The molecule has 1 unspecified atom stereocenters. The fourth-order valence-corrected chi connectivity index (χ4v) is 2.72. The highest BCUT2D eigenvalue weighted by Gasteiger charge is 2.18. The number of para-hydroxylation sites is 1. The Hall–Kier alpha value is -1.39. The van der Waals surface area contributed by atoms with Crippen molar-refractivity contribution in [2.24, 2.45) is 0 Å². The Bertz CT molecular complexity index is 585. The molecule has 4 nitrogen and oxygen atoms in total. The molecule has 5 heteroatoms. The molecule has 1 heterocycles. The second kappa shape index (κ2) is 6.37. The molecule has 2 aromatic rings. The number of anilines is 1. The number of likely N-dealkylation sites (N-methyl/N-ethyl adjacent to an activating group) is 2. The molecule has 1 aromatic heterocycles. The van der Waals surface area contributed by atoms with Crippen LogP contribution in [-0.2, 0) is 0 Å². The van der Waals surface area contributed by atoms with E-state index in [9.17, 15) is 0 Å². The minimum Gasteiger partial charge on any atom is -0.352 e. The number of benzene rings is 1. The summed E-state index contributed by atoms with van der Waals surface area (Å²) in [5.41, 5.74) is 0.887. The molecule has 0 N–H and O–H groups in total. The summed E-state index contributed by atoms with van der Waals surface area (Å²) in [7, 11) is 4.16. The standard InChI is InChI=1S/C15H21ClN4/c1-5-20(11(2)10-19(3)4)14-12-8-6-7-9-13(12)17-15(16)18-14/h6-9,11H,5,10H2,1-4H3. The van der Waals surface area contributed by atoms with Gasteiger partial charge >= 0.3 is 0 Å². The van der Waals surface area contributed by atoms with Crippen LogP contribution in [0.5, 0.6) is 0 Å². The first kappa shape index (κ1) is 15.0. The molecule has 0 aliphatic rings. The highest BCUT2D eigenvalue weighted by molar-refractivity contribution is 6.28. The molecule has 0 spiro atoms. The van der Waals surface area contributed by atoms with Crippen molar-refractivity contribution < 1.29 is 0 Å². The van der Waals surface area contributed by atoms with Crippen LogP contribution in [0.15, 0.2) is 24.3 Å². The van der Waals surface area contributed by atoms with Crippen LogP contribution in [0.1, 0.15) is 13.8 Å². The normalized spacial score (nSPS) is 12.9. The van der Waals surface area contributed by atoms with Crippen molar-refractivity contribution in [3.8, 4) is 0 Å². The molecule has 0 aliphatic carbocycles. The lowest BCUT2D eigenvalue weighted by Crippen LogP contribution is -2.40. The van der Waals surface area contributed by atoms with Crippen LogP contribution in [0, 0.1) is 0 Å². The van der Waals surface area contributed by atoms with Gasteiger partial charge in [-0.1, -0.05) is 12.1 Å². The molecular weight excluding hydrogens is 272 g/mol. The van der Waals surface area contributed by atoms with Gasteiger partial charge in [0.2, 0.25) is 5.28 Å². The lowest BCUT2D eigenvalue weighted by atomic mass is 10.2. The molecule has 0 fully saturated rings. The Morgan fingerprint density at radius 2 is 1.90 bits per heavy atom. The van der Waals surface area contributed by atoms with E-state index in [0.717, 1.165) is 29.8 Å². The lowest BCUT2D eigenvalue weighted by molar-refractivity contribution is 0.372. The van der Waals surface area contributed by atoms with Crippen LogP contribution in [0.2, 0.25) is 5.28 Å². The number of fused-ring (bicyclic) bond motifs is 1. The van der Waals surface area contributed by atoms with Crippen LogP contribution < -0.4 is 4.90 Å². The molecule has 1 atom stereocenters. The summed E-state index contributed by atoms with van der Waals surface area (Å²) in [6.45, 7) is 6.18. The third-order valence-corrected chi connectivity index (χ3v) is 3.50. The highest BCUT2D eigenvalue weighted by atomic mass is 35.5. The molecule has 0 saturated carbocycles. The summed E-state index contributed by atoms with van der Waals surface area (Å²) < 4.78 is 0. The monoisotopic (exact) mass is 292 g/mol. The van der Waals surface area contributed by atoms with E-state index in [1.165, 1.54) is 0 Å². The van der Waals surface area contributed by atoms with E-state index >= 15 is 0 Å². The fourth-order valence-electron chi connectivity index (χ4n) is 2.55. The maximum Gasteiger partial charge on any atom is 0.224 e. The third kappa shape index (κ3) is 3.19. The number of aromatic nitrogens is 2. The number of nitrogens with zero attached hydrogens (tertiary/aromatic N) is 4. The zero-order valence-corrected chi connectivity index (χ0v) is 13.2. The quantitative estimate of drug-likeness (QED) is 0.793. The van der Waals surface area contributed by atoms with Gasteiger partial charge < -0.3 is 9.80 Å². The van der Waals surface area contributed by atoms with Crippen LogP contribution >= 0.6 is 11.6 Å². The average Bonchev–Trinajstić information content (AvgIpc) is 2.38. The molecule has 0 saturated heterocycles. The smallest absolute Gasteiger partial charge is 0.224 e. The number of rotatable bonds is 5. The highest BCUT2D eigenvalue weighted by Crippen LogP contribution is 2.26. The predicted octanol–water partition coefficient (Wildman–Crippen LogP) is 3.06. The van der Waals surface area contributed by atoms with Crippen LogP contribution in [0.3, 0.4) is 0 Å². The van der Waals surface area contributed by atoms with Gasteiger partial charge in [-0.2, -0.15) is 4.98 Å². The molecule has 20 heavy (non-hydrogen) atoms. The fraction of sp³-hybridized carbons (Fsp3) is 0.467. The first-order valence-corrected chi connectivity index (χ1v) is 7.24. The van der Waals surface area contributed by atoms with Gasteiger partial charge in [0.15, 0.2) is 0 Å². The minimum atomic E-state index is 0.300. The molecule has 0 bridgehead atoms. The number of hydrogen-bond acceptors (Lipinski definition) is 4. The van der Waals surface area contributed by atoms with E-state index in [-0.39, 0.29) is 0 Å². The number of hydrogen-bond donors (Lipinski definition) is 0. The van der Waals surface area contributed by atoms with Crippen molar-refractivity contribution >= 4 is 28.3 Å². The van der Waals surface area contributed by atoms with E-state index < -0.39 is 0 Å². The van der Waals surface area contributed by atoms with Crippen molar-refractivity contribution in [1.82, 2.24) is 14.9 Å². The van der Waals surface area contributed by atoms with Gasteiger partial charge in [0.05, 0.1) is 5.52 Å². The van der Waals surface area contributed by atoms with Crippen LogP contribution in [0.25, 0.3) is 10.9 Å². The Labute approximate surface area is 125 Å². The van der Waals surface area contributed by atoms with Gasteiger partial charge in [0.25, 0.3) is 0 Å². The minimum absolute atomic E-state index is 0.300. The summed E-state index contributed by atoms with van der Waals surface area (Å²) >= 11 is 6.08. The predicted molar refractivity (Wildman–Crippen MR) is 85.6 cm³/mol. The van der Waals surface area contributed by atoms with E-state index in [0.29, 0.717) is 11.3 Å². The SMILES string of the molecule is CCN(c1nc(Cl)nc2ccccc12)C(C)CN(C)C. The lowest BCUT2D eigenvalue weighted by Gasteiger charge is -2.31. The van der Waals surface area contributed by atoms with Gasteiger partial charge in [-0.3, -0.25) is 0 Å². The first-order chi connectivity index (χ1) is 9.52. The van der Waals surface area contributed by atoms with Crippen molar-refractivity contribution in [2.45, 2.75) is 19.9 Å². The van der Waals surface area contributed by atoms with Crippen molar-refractivity contribution in [3.63, 3.8) is 0 Å². The average molecular weight is 293 g/mol. The molecule has 0 radical (unpaired) electrons. The second-order valence-corrected chi connectivity index (χ2v) is 5.57. The topological polar surface area (TPSA) is 32.3 Å². The Kier molecular flexibility index (Phi) is 4.78. The second-order valence-electron chi connectivity index (χ2n) is 5.23. The van der Waals surface area contributed by atoms with Gasteiger partial charge in [-0.15, -0.1) is 0 Å². The van der Waals surface area contributed by atoms with Crippen LogP contribution in [-0.4, -0.2) is 48.1 Å². The Balaban J connectivity index is 2.48. The van der Waals surface area contributed by atoms with Gasteiger partial charge in [0.1, 0.15) is 5.82 Å². The Morgan fingerprint density at radius 1 is 1.20 bits per heavy atom. The number of halogens is 1. The van der Waals surface area contributed by atoms with Crippen molar-refractivity contribution in [1.29, 1.82) is 0 Å². The van der Waals surface area contributed by atoms with Gasteiger partial charge in [-0.05, 0) is 51.7 Å². The third-order valence-electron chi connectivity index (χ3n) is 3.33. The molecule has 108 valence electrons. The zero-order valence-electron chi connectivity index (χ0n) is 12.5. The molecular formula is C15H21ClN4. The maximum atomic E-state index is 6.08. The molecule has 1 aromatic carbocycles. The van der Waals surface area contributed by atoms with E-state index in [2.05, 4.69) is 47.7 Å². The summed E-state index contributed by atoms with van der Waals surface area (Å²) in [5, 5.41) is 1.35. The van der Waals surface area contributed by atoms with Gasteiger partial charge in [0, 0.05) is 24.5 Å². The van der Waals surface area contributed by atoms with E-state index in [1.807, 2.05) is 24.3 Å². The van der Waals surface area contributed by atoms with E-state index in [4.69, 9.17) is 11.6 Å². The molecule has 0 amide bonds. The Morgan fingerprint density at radius 3 is 2.55 bits per heavy atom. The molecule has 0 aliphatic heterocycles. The van der Waals surface area contributed by atoms with Crippen molar-refractivity contribution in [2.75, 3.05) is 32.1 Å². The largest absolute Gasteiger partial charge is 0.352 e. The zero-order chi connectivity index (χ0) is 14.7. The van der Waals surface area contributed by atoms with Gasteiger partial charge in [-0.25, -0.2) is 4.98 Å². The summed E-state index contributed by atoms with van der Waals surface area (Å²) in [6.07, 6.45) is 0. The summed E-state index contributed by atoms with van der Waals surface area (Å²) in [6, 6.07) is 8.34. The summed E-state index contributed by atoms with van der Waals surface area (Å²) in [5.74, 6) is 0.914. The van der Waals surface area contributed by atoms with Crippen molar-refractivity contribution in [3.05, 3.63) is 29.5 Å². The van der Waals surface area contributed by atoms with E-state index in [1.54, 1.807) is 0 Å². The van der Waals surface area contributed by atoms with Crippen LogP contribution in [0.4, 0.5) is 5.82 Å². The summed E-state index contributed by atoms with van der Waals surface area (Å²) in [4.78, 5) is 13.2. The maximum absolute atomic E-state index is 6.08. The molecule has 2 rings (SSSR count). The first-order valence-electron chi connectivity index (χ1n) is 6.86.